The number of allylic oxidation sites excluding steroid dienone is 5. The van der Waals surface area contributed by atoms with E-state index in [1.54, 1.807) is 12.3 Å². The molecule has 0 amide bonds. The summed E-state index contributed by atoms with van der Waals surface area (Å²) >= 11 is 0. The lowest BCUT2D eigenvalue weighted by atomic mass is 10.0. The molecule has 5 nitrogen and oxygen atoms in total. The molecular weight excluding hydrogens is 473 g/mol. The lowest BCUT2D eigenvalue weighted by Crippen LogP contribution is -2.23. The predicted molar refractivity (Wildman–Crippen MR) is 159 cm³/mol. The van der Waals surface area contributed by atoms with E-state index in [1.165, 1.54) is 12.1 Å². The van der Waals surface area contributed by atoms with Crippen molar-refractivity contribution in [3.63, 3.8) is 0 Å². The van der Waals surface area contributed by atoms with Gasteiger partial charge < -0.3 is 10.6 Å². The molecule has 0 spiro atoms. The number of anilines is 1. The number of rotatable bonds is 11. The first kappa shape index (κ1) is 28.3. The number of hydrogen-bond donors (Lipinski definition) is 3. The molecule has 2 heterocycles. The molecule has 0 saturated heterocycles. The van der Waals surface area contributed by atoms with Crippen molar-refractivity contribution in [2.75, 3.05) is 18.4 Å². The lowest BCUT2D eigenvalue weighted by molar-refractivity contribution is 0.628. The van der Waals surface area contributed by atoms with E-state index in [2.05, 4.69) is 71.6 Å². The molecule has 0 bridgehead atoms. The van der Waals surface area contributed by atoms with Crippen molar-refractivity contribution >= 4 is 24.0 Å². The Morgan fingerprint density at radius 3 is 2.71 bits per heavy atom. The number of halogens is 1. The van der Waals surface area contributed by atoms with Crippen molar-refractivity contribution < 1.29 is 4.39 Å². The molecule has 196 valence electrons. The molecule has 1 aromatic carbocycles. The number of H-pyrrole nitrogens is 1. The van der Waals surface area contributed by atoms with Gasteiger partial charge in [0, 0.05) is 29.2 Å². The fourth-order valence-electron chi connectivity index (χ4n) is 3.97. The Labute approximate surface area is 224 Å². The second-order valence-corrected chi connectivity index (χ2v) is 8.87. The maximum absolute atomic E-state index is 13.8. The Hall–Kier alpha value is -4.29. The summed E-state index contributed by atoms with van der Waals surface area (Å²) < 4.78 is 13.8. The van der Waals surface area contributed by atoms with E-state index in [4.69, 9.17) is 0 Å². The van der Waals surface area contributed by atoms with Crippen molar-refractivity contribution in [3.8, 4) is 11.3 Å². The van der Waals surface area contributed by atoms with Gasteiger partial charge in [-0.1, -0.05) is 63.1 Å². The van der Waals surface area contributed by atoms with Crippen LogP contribution in [0.3, 0.4) is 0 Å². The van der Waals surface area contributed by atoms with Gasteiger partial charge in [-0.05, 0) is 73.9 Å². The van der Waals surface area contributed by atoms with E-state index >= 15 is 0 Å². The molecule has 0 fully saturated rings. The summed E-state index contributed by atoms with van der Waals surface area (Å²) in [6, 6.07) is 8.27. The Bertz CT molecular complexity index is 1520. The highest BCUT2D eigenvalue weighted by Gasteiger charge is 2.11. The SMILES string of the molecule is C=C\C(=C/C(=C\C)C(/C)=C/C=c1/[nH]nc(C(=C)Nc2ccnc(-c3cccc(F)c3)c2C)c1=C)CNCC. The summed E-state index contributed by atoms with van der Waals surface area (Å²) in [5.74, 6) is -0.301. The molecule has 3 aromatic rings. The minimum Gasteiger partial charge on any atom is -0.354 e. The molecule has 0 atom stereocenters. The van der Waals surface area contributed by atoms with E-state index in [-0.39, 0.29) is 5.82 Å². The standard InChI is InChI=1S/C32H36FN5/c1-8-25(20-34-10-3)18-26(9-2)21(4)14-15-30-23(6)31(38-37-30)24(7)36-29-16-17-35-32(22(29)5)27-12-11-13-28(33)19-27/h8-9,11-19,34,37H,1,6-7,10,20H2,2-5H3,(H,35,36)/b21-14+,25-18+,26-9+,30-15+. The van der Waals surface area contributed by atoms with Crippen LogP contribution >= 0.6 is 0 Å². The quantitative estimate of drug-likeness (QED) is 0.286. The van der Waals surface area contributed by atoms with Crippen LogP contribution in [0.1, 0.15) is 32.0 Å². The molecule has 2 aromatic heterocycles. The summed E-state index contributed by atoms with van der Waals surface area (Å²) in [4.78, 5) is 4.45. The van der Waals surface area contributed by atoms with Gasteiger partial charge in [0.2, 0.25) is 0 Å². The highest BCUT2D eigenvalue weighted by atomic mass is 19.1. The van der Waals surface area contributed by atoms with Crippen LogP contribution in [-0.4, -0.2) is 28.3 Å². The lowest BCUT2D eigenvalue weighted by Gasteiger charge is -2.13. The molecule has 0 aliphatic carbocycles. The smallest absolute Gasteiger partial charge is 0.123 e. The van der Waals surface area contributed by atoms with E-state index in [0.29, 0.717) is 22.6 Å². The Morgan fingerprint density at radius 1 is 1.24 bits per heavy atom. The number of benzene rings is 1. The predicted octanol–water partition coefficient (Wildman–Crippen LogP) is 5.81. The zero-order valence-corrected chi connectivity index (χ0v) is 22.7. The van der Waals surface area contributed by atoms with Gasteiger partial charge in [-0.2, -0.15) is 5.10 Å². The molecule has 3 rings (SSSR count). The van der Waals surface area contributed by atoms with Gasteiger partial charge >= 0.3 is 0 Å². The third-order valence-corrected chi connectivity index (χ3v) is 6.22. The minimum atomic E-state index is -0.301. The minimum absolute atomic E-state index is 0.301. The monoisotopic (exact) mass is 509 g/mol. The van der Waals surface area contributed by atoms with Crippen LogP contribution < -0.4 is 21.2 Å². The first-order chi connectivity index (χ1) is 18.3. The number of nitrogens with zero attached hydrogens (tertiary/aromatic N) is 2. The van der Waals surface area contributed by atoms with Gasteiger partial charge in [-0.3, -0.25) is 10.1 Å². The molecule has 3 N–H and O–H groups in total. The topological polar surface area (TPSA) is 65.6 Å². The number of nitrogens with one attached hydrogen (secondary N) is 3. The van der Waals surface area contributed by atoms with Crippen LogP contribution in [0.2, 0.25) is 0 Å². The summed E-state index contributed by atoms with van der Waals surface area (Å²) in [7, 11) is 0. The maximum atomic E-state index is 13.8. The third-order valence-electron chi connectivity index (χ3n) is 6.22. The molecule has 38 heavy (non-hydrogen) atoms. The highest BCUT2D eigenvalue weighted by Crippen LogP contribution is 2.28. The van der Waals surface area contributed by atoms with Gasteiger partial charge in [-0.15, -0.1) is 0 Å². The fourth-order valence-corrected chi connectivity index (χ4v) is 3.97. The first-order valence-corrected chi connectivity index (χ1v) is 12.6. The van der Waals surface area contributed by atoms with Crippen molar-refractivity contribution in [3.05, 3.63) is 118 Å². The van der Waals surface area contributed by atoms with Crippen molar-refractivity contribution in [1.29, 1.82) is 0 Å². The molecule has 0 radical (unpaired) electrons. The normalized spacial score (nSPS) is 13.1. The third kappa shape index (κ3) is 6.93. The summed E-state index contributed by atoms with van der Waals surface area (Å²) in [6.07, 6.45) is 11.8. The fraction of sp³-hybridized carbons (Fsp3) is 0.188. The van der Waals surface area contributed by atoms with Crippen molar-refractivity contribution in [2.45, 2.75) is 27.7 Å². The van der Waals surface area contributed by atoms with E-state index < -0.39 is 0 Å². The zero-order chi connectivity index (χ0) is 27.7. The number of hydrogen-bond acceptors (Lipinski definition) is 4. The molecule has 6 heteroatoms. The number of pyridine rings is 1. The van der Waals surface area contributed by atoms with Crippen LogP contribution in [0.25, 0.3) is 29.6 Å². The number of likely N-dealkylation sites (N-methyl/N-ethyl adjacent to an activating group) is 1. The second kappa shape index (κ2) is 13.3. The van der Waals surface area contributed by atoms with E-state index in [0.717, 1.165) is 51.6 Å². The molecular formula is C32H36FN5. The zero-order valence-electron chi connectivity index (χ0n) is 22.7. The Balaban J connectivity index is 1.84. The van der Waals surface area contributed by atoms with E-state index in [9.17, 15) is 4.39 Å². The average molecular weight is 510 g/mol. The van der Waals surface area contributed by atoms with Crippen molar-refractivity contribution in [2.24, 2.45) is 0 Å². The Morgan fingerprint density at radius 2 is 2.03 bits per heavy atom. The molecule has 0 saturated carbocycles. The maximum Gasteiger partial charge on any atom is 0.123 e. The van der Waals surface area contributed by atoms with Crippen molar-refractivity contribution in [1.82, 2.24) is 20.5 Å². The molecule has 0 unspecified atom stereocenters. The van der Waals surface area contributed by atoms with E-state index in [1.807, 2.05) is 44.2 Å². The number of aromatic nitrogens is 3. The van der Waals surface area contributed by atoms with Gasteiger partial charge in [0.05, 0.1) is 16.7 Å². The van der Waals surface area contributed by atoms with Crippen LogP contribution in [-0.2, 0) is 0 Å². The summed E-state index contributed by atoms with van der Waals surface area (Å²) in [5, 5.41) is 15.7. The average Bonchev–Trinajstić information content (AvgIpc) is 3.28. The van der Waals surface area contributed by atoms with Gasteiger partial charge in [0.1, 0.15) is 11.5 Å². The Kier molecular flexibility index (Phi) is 9.91. The first-order valence-electron chi connectivity index (χ1n) is 12.6. The van der Waals surface area contributed by atoms with Crippen LogP contribution in [0.5, 0.6) is 0 Å². The van der Waals surface area contributed by atoms with Gasteiger partial charge in [-0.25, -0.2) is 4.39 Å². The van der Waals surface area contributed by atoms with Gasteiger partial charge in [0.25, 0.3) is 0 Å². The second-order valence-electron chi connectivity index (χ2n) is 8.87. The number of aromatic amines is 1. The van der Waals surface area contributed by atoms with Gasteiger partial charge in [0.15, 0.2) is 0 Å². The van der Waals surface area contributed by atoms with Crippen LogP contribution in [0, 0.1) is 12.7 Å². The largest absolute Gasteiger partial charge is 0.354 e. The molecule has 0 aliphatic heterocycles. The van der Waals surface area contributed by atoms with Crippen LogP contribution in [0.15, 0.2) is 90.7 Å². The van der Waals surface area contributed by atoms with Crippen LogP contribution in [0.4, 0.5) is 10.1 Å². The summed E-state index contributed by atoms with van der Waals surface area (Å²) in [6.45, 7) is 22.1. The highest BCUT2D eigenvalue weighted by molar-refractivity contribution is 5.79. The summed E-state index contributed by atoms with van der Waals surface area (Å²) in [5.41, 5.74) is 7.69. The molecule has 0 aliphatic rings.